The Labute approximate surface area is 87.0 Å². The highest BCUT2D eigenvalue weighted by Crippen LogP contribution is 2.09. The zero-order valence-corrected chi connectivity index (χ0v) is 8.74. The average molecular weight is 185 g/mol. The molecule has 1 radical (unpaired) electrons. The Morgan fingerprint density at radius 2 is 2.00 bits per heavy atom. The van der Waals surface area contributed by atoms with E-state index >= 15 is 0 Å². The molecule has 0 heteroatoms. The summed E-state index contributed by atoms with van der Waals surface area (Å²) in [6, 6.07) is 10.3. The summed E-state index contributed by atoms with van der Waals surface area (Å²) in [7, 11) is 0. The van der Waals surface area contributed by atoms with Crippen molar-refractivity contribution in [1.82, 2.24) is 0 Å². The number of hydrogen-bond donors (Lipinski definition) is 0. The van der Waals surface area contributed by atoms with Crippen molar-refractivity contribution in [3.05, 3.63) is 60.5 Å². The molecule has 0 saturated carbocycles. The lowest BCUT2D eigenvalue weighted by atomic mass is 10.1. The second-order valence-electron chi connectivity index (χ2n) is 3.21. The summed E-state index contributed by atoms with van der Waals surface area (Å²) >= 11 is 0. The molecule has 0 bridgehead atoms. The van der Waals surface area contributed by atoms with Crippen molar-refractivity contribution in [3.8, 4) is 0 Å². The first kappa shape index (κ1) is 10.8. The van der Waals surface area contributed by atoms with Crippen molar-refractivity contribution in [3.63, 3.8) is 0 Å². The van der Waals surface area contributed by atoms with Crippen LogP contribution in [0.3, 0.4) is 0 Å². The highest BCUT2D eigenvalue weighted by Gasteiger charge is 1.88. The Hall–Kier alpha value is -1.30. The second-order valence-corrected chi connectivity index (χ2v) is 3.21. The first-order valence-corrected chi connectivity index (χ1v) is 5.04. The highest BCUT2D eigenvalue weighted by molar-refractivity contribution is 5.52. The van der Waals surface area contributed by atoms with Gasteiger partial charge in [-0.3, -0.25) is 0 Å². The Morgan fingerprint density at radius 1 is 1.29 bits per heavy atom. The largest absolute Gasteiger partial charge is 0.0844 e. The molecular formula is C14H17. The number of rotatable bonds is 4. The molecule has 0 fully saturated rings. The summed E-state index contributed by atoms with van der Waals surface area (Å²) in [5.74, 6) is 0. The molecule has 0 aliphatic carbocycles. The molecule has 0 aliphatic rings. The summed E-state index contributed by atoms with van der Waals surface area (Å²) < 4.78 is 0. The molecular weight excluding hydrogens is 168 g/mol. The molecule has 0 aromatic heterocycles. The predicted octanol–water partition coefficient (Wildman–Crippen LogP) is 4.26. The quantitative estimate of drug-likeness (QED) is 0.615. The van der Waals surface area contributed by atoms with Crippen LogP contribution in [-0.2, 0) is 0 Å². The van der Waals surface area contributed by atoms with Crippen LogP contribution in [0.15, 0.2) is 48.1 Å². The molecule has 0 atom stereocenters. The number of allylic oxidation sites excluding steroid dienone is 3. The average Bonchev–Trinajstić information content (AvgIpc) is 2.25. The Balaban J connectivity index is 2.63. The van der Waals surface area contributed by atoms with E-state index < -0.39 is 0 Å². The standard InChI is InChI=1S/C14H17/c1-3-8-13(4-2)11-12-14-9-6-5-7-10-14/h4-7,9-12H,1,3,8H2,2H3. The SMILES string of the molecule is [CH2]CCC(C=Cc1ccccc1)=CC. The van der Waals surface area contributed by atoms with E-state index in [9.17, 15) is 0 Å². The van der Waals surface area contributed by atoms with Crippen LogP contribution < -0.4 is 0 Å². The van der Waals surface area contributed by atoms with Crippen LogP contribution in [0.4, 0.5) is 0 Å². The highest BCUT2D eigenvalue weighted by atomic mass is 13.9. The molecule has 0 aliphatic heterocycles. The molecule has 0 N–H and O–H groups in total. The lowest BCUT2D eigenvalue weighted by Gasteiger charge is -1.97. The summed E-state index contributed by atoms with van der Waals surface area (Å²) in [4.78, 5) is 0. The van der Waals surface area contributed by atoms with Crippen LogP contribution in [0.1, 0.15) is 25.3 Å². The normalized spacial score (nSPS) is 12.3. The van der Waals surface area contributed by atoms with Gasteiger partial charge in [-0.25, -0.2) is 0 Å². The van der Waals surface area contributed by atoms with Gasteiger partial charge in [0.25, 0.3) is 0 Å². The molecule has 0 saturated heterocycles. The molecule has 0 nitrogen and oxygen atoms in total. The number of hydrogen-bond acceptors (Lipinski definition) is 0. The van der Waals surface area contributed by atoms with Crippen LogP contribution >= 0.6 is 0 Å². The van der Waals surface area contributed by atoms with Gasteiger partial charge in [0.1, 0.15) is 0 Å². The molecule has 1 rings (SSSR count). The molecule has 14 heavy (non-hydrogen) atoms. The summed E-state index contributed by atoms with van der Waals surface area (Å²) in [5, 5.41) is 0. The minimum absolute atomic E-state index is 0.957. The minimum Gasteiger partial charge on any atom is -0.0844 e. The van der Waals surface area contributed by atoms with Gasteiger partial charge in [-0.05, 0) is 25.3 Å². The zero-order valence-electron chi connectivity index (χ0n) is 8.74. The van der Waals surface area contributed by atoms with Crippen LogP contribution in [0, 0.1) is 6.92 Å². The van der Waals surface area contributed by atoms with E-state index in [-0.39, 0.29) is 0 Å². The van der Waals surface area contributed by atoms with Crippen LogP contribution in [-0.4, -0.2) is 0 Å². The Kier molecular flexibility index (Phi) is 4.77. The number of benzene rings is 1. The van der Waals surface area contributed by atoms with E-state index in [1.54, 1.807) is 0 Å². The molecule has 0 heterocycles. The molecule has 73 valence electrons. The molecule has 0 spiro atoms. The third-order valence-corrected chi connectivity index (χ3v) is 2.13. The van der Waals surface area contributed by atoms with Gasteiger partial charge in [-0.1, -0.05) is 61.1 Å². The maximum atomic E-state index is 3.85. The second kappa shape index (κ2) is 6.20. The van der Waals surface area contributed by atoms with E-state index in [4.69, 9.17) is 0 Å². The maximum Gasteiger partial charge on any atom is -0.0257 e. The Bertz CT molecular complexity index is 304. The predicted molar refractivity (Wildman–Crippen MR) is 63.8 cm³/mol. The van der Waals surface area contributed by atoms with Gasteiger partial charge in [0.2, 0.25) is 0 Å². The van der Waals surface area contributed by atoms with Crippen molar-refractivity contribution < 1.29 is 0 Å². The zero-order chi connectivity index (χ0) is 10.2. The molecule has 1 aromatic rings. The summed E-state index contributed by atoms with van der Waals surface area (Å²) in [5.41, 5.74) is 2.60. The molecule has 1 aromatic carbocycles. The lowest BCUT2D eigenvalue weighted by molar-refractivity contribution is 1.00. The molecule has 0 amide bonds. The third-order valence-electron chi connectivity index (χ3n) is 2.13. The van der Waals surface area contributed by atoms with Crippen molar-refractivity contribution in [2.75, 3.05) is 0 Å². The van der Waals surface area contributed by atoms with Crippen molar-refractivity contribution in [2.45, 2.75) is 19.8 Å². The van der Waals surface area contributed by atoms with E-state index in [0.29, 0.717) is 0 Å². The van der Waals surface area contributed by atoms with Gasteiger partial charge in [0.05, 0.1) is 0 Å². The van der Waals surface area contributed by atoms with Crippen LogP contribution in [0.25, 0.3) is 6.08 Å². The van der Waals surface area contributed by atoms with E-state index in [1.807, 2.05) is 6.07 Å². The van der Waals surface area contributed by atoms with Crippen molar-refractivity contribution in [1.29, 1.82) is 0 Å². The van der Waals surface area contributed by atoms with Gasteiger partial charge in [-0.15, -0.1) is 0 Å². The fourth-order valence-electron chi connectivity index (χ4n) is 1.30. The summed E-state index contributed by atoms with van der Waals surface area (Å²) in [6.07, 6.45) is 8.47. The summed E-state index contributed by atoms with van der Waals surface area (Å²) in [6.45, 7) is 5.92. The maximum absolute atomic E-state index is 3.85. The first-order chi connectivity index (χ1) is 6.86. The van der Waals surface area contributed by atoms with Gasteiger partial charge in [0, 0.05) is 0 Å². The fourth-order valence-corrected chi connectivity index (χ4v) is 1.30. The van der Waals surface area contributed by atoms with E-state index in [2.05, 4.69) is 56.3 Å². The Morgan fingerprint density at radius 3 is 2.57 bits per heavy atom. The van der Waals surface area contributed by atoms with Gasteiger partial charge in [-0.2, -0.15) is 0 Å². The van der Waals surface area contributed by atoms with Gasteiger partial charge < -0.3 is 0 Å². The third kappa shape index (κ3) is 3.61. The monoisotopic (exact) mass is 185 g/mol. The van der Waals surface area contributed by atoms with Gasteiger partial charge >= 0.3 is 0 Å². The van der Waals surface area contributed by atoms with Gasteiger partial charge in [0.15, 0.2) is 0 Å². The minimum atomic E-state index is 0.957. The smallest absolute Gasteiger partial charge is 0.0257 e. The van der Waals surface area contributed by atoms with E-state index in [0.717, 1.165) is 12.8 Å². The lowest BCUT2D eigenvalue weighted by Crippen LogP contribution is -1.76. The topological polar surface area (TPSA) is 0 Å². The van der Waals surface area contributed by atoms with Crippen molar-refractivity contribution >= 4 is 6.08 Å². The fraction of sp³-hybridized carbons (Fsp3) is 0.214. The molecule has 0 unspecified atom stereocenters. The van der Waals surface area contributed by atoms with Crippen molar-refractivity contribution in [2.24, 2.45) is 0 Å². The van der Waals surface area contributed by atoms with E-state index in [1.165, 1.54) is 11.1 Å². The van der Waals surface area contributed by atoms with Crippen LogP contribution in [0.2, 0.25) is 0 Å². The first-order valence-electron chi connectivity index (χ1n) is 5.04. The van der Waals surface area contributed by atoms with Crippen LogP contribution in [0.5, 0.6) is 0 Å².